The lowest BCUT2D eigenvalue weighted by molar-refractivity contribution is 0.587. The predicted octanol–water partition coefficient (Wildman–Crippen LogP) is 4.91. The van der Waals surface area contributed by atoms with Gasteiger partial charge in [0.05, 0.1) is 6.04 Å². The molecule has 0 bridgehead atoms. The molecule has 0 amide bonds. The molecule has 2 nitrogen and oxygen atoms in total. The lowest BCUT2D eigenvalue weighted by Gasteiger charge is -2.27. The van der Waals surface area contributed by atoms with Crippen LogP contribution in [-0.4, -0.2) is 10.9 Å². The molecule has 0 spiro atoms. The molecule has 2 aromatic rings. The summed E-state index contributed by atoms with van der Waals surface area (Å²) in [6, 6.07) is 13.2. The highest BCUT2D eigenvalue weighted by atomic mass is 32.2. The summed E-state index contributed by atoms with van der Waals surface area (Å²) in [6.07, 6.45) is 1.92. The maximum absolute atomic E-state index is 13.6. The molecule has 1 aliphatic heterocycles. The number of hydrogen-bond donors (Lipinski definition) is 2. The zero-order chi connectivity index (χ0) is 16.2. The lowest BCUT2D eigenvalue weighted by Crippen LogP contribution is -2.34. The van der Waals surface area contributed by atoms with Crippen molar-refractivity contribution in [3.8, 4) is 0 Å². The van der Waals surface area contributed by atoms with Crippen LogP contribution in [0.25, 0.3) is 0 Å². The van der Waals surface area contributed by atoms with Crippen molar-refractivity contribution in [1.82, 2.24) is 5.32 Å². The van der Waals surface area contributed by atoms with Crippen molar-refractivity contribution in [1.29, 1.82) is 0 Å². The Morgan fingerprint density at radius 1 is 1.30 bits per heavy atom. The van der Waals surface area contributed by atoms with E-state index >= 15 is 0 Å². The number of rotatable bonds is 3. The Hall–Kier alpha value is -1.59. The number of benzene rings is 2. The first-order valence-electron chi connectivity index (χ1n) is 7.74. The van der Waals surface area contributed by atoms with E-state index in [1.165, 1.54) is 11.6 Å². The number of aryl methyl sites for hydroxylation is 1. The van der Waals surface area contributed by atoms with Crippen molar-refractivity contribution >= 4 is 34.8 Å². The Morgan fingerprint density at radius 3 is 3.00 bits per heavy atom. The molecule has 2 N–H and O–H groups in total. The molecule has 0 aliphatic carbocycles. The normalized spacial score (nSPS) is 16.5. The molecule has 1 atom stereocenters. The summed E-state index contributed by atoms with van der Waals surface area (Å²) in [5, 5.41) is 7.13. The van der Waals surface area contributed by atoms with Crippen LogP contribution in [0.5, 0.6) is 0 Å². The van der Waals surface area contributed by atoms with Gasteiger partial charge in [0, 0.05) is 16.3 Å². The van der Waals surface area contributed by atoms with E-state index in [0.29, 0.717) is 5.11 Å². The van der Waals surface area contributed by atoms with Crippen LogP contribution >= 0.6 is 24.0 Å². The average Bonchev–Trinajstić information content (AvgIpc) is 2.55. The van der Waals surface area contributed by atoms with E-state index in [1.807, 2.05) is 18.2 Å². The largest absolute Gasteiger partial charge is 0.356 e. The Labute approximate surface area is 145 Å². The molecule has 0 saturated heterocycles. The van der Waals surface area contributed by atoms with Crippen LogP contribution in [-0.2, 0) is 6.42 Å². The summed E-state index contributed by atoms with van der Waals surface area (Å²) in [7, 11) is 0. The van der Waals surface area contributed by atoms with Gasteiger partial charge in [-0.2, -0.15) is 0 Å². The van der Waals surface area contributed by atoms with Crippen molar-refractivity contribution in [2.24, 2.45) is 0 Å². The molecule has 0 aromatic heterocycles. The van der Waals surface area contributed by atoms with E-state index in [2.05, 4.69) is 29.7 Å². The fraction of sp³-hybridized carbons (Fsp3) is 0.278. The van der Waals surface area contributed by atoms with Gasteiger partial charge in [-0.15, -0.1) is 11.8 Å². The number of halogens is 1. The third kappa shape index (κ3) is 4.03. The molecule has 2 aromatic carbocycles. The van der Waals surface area contributed by atoms with E-state index in [4.69, 9.17) is 12.2 Å². The van der Waals surface area contributed by atoms with E-state index in [1.54, 1.807) is 17.8 Å². The molecule has 1 heterocycles. The van der Waals surface area contributed by atoms with Gasteiger partial charge in [-0.3, -0.25) is 0 Å². The minimum atomic E-state index is -0.201. The van der Waals surface area contributed by atoms with Gasteiger partial charge in [0.2, 0.25) is 0 Å². The molecule has 5 heteroatoms. The van der Waals surface area contributed by atoms with Crippen LogP contribution in [0.2, 0.25) is 0 Å². The molecular weight excluding hydrogens is 327 g/mol. The molecule has 0 fully saturated rings. The highest BCUT2D eigenvalue weighted by molar-refractivity contribution is 7.99. The highest BCUT2D eigenvalue weighted by Crippen LogP contribution is 2.36. The fourth-order valence-electron chi connectivity index (χ4n) is 2.71. The van der Waals surface area contributed by atoms with Crippen molar-refractivity contribution in [2.45, 2.75) is 30.7 Å². The number of hydrogen-bond acceptors (Lipinski definition) is 2. The minimum Gasteiger partial charge on any atom is -0.356 e. The lowest BCUT2D eigenvalue weighted by atomic mass is 10.0. The second-order valence-electron chi connectivity index (χ2n) is 5.52. The molecule has 0 unspecified atom stereocenters. The quantitative estimate of drug-likeness (QED) is 0.771. The maximum atomic E-state index is 13.6. The summed E-state index contributed by atoms with van der Waals surface area (Å²) in [6.45, 7) is 2.13. The molecule has 3 rings (SSSR count). The first kappa shape index (κ1) is 16.3. The fourth-order valence-corrected chi connectivity index (χ4v) is 4.08. The van der Waals surface area contributed by atoms with Gasteiger partial charge < -0.3 is 10.6 Å². The Balaban J connectivity index is 1.70. The smallest absolute Gasteiger partial charge is 0.171 e. The van der Waals surface area contributed by atoms with Crippen LogP contribution in [0.1, 0.15) is 30.5 Å². The summed E-state index contributed by atoms with van der Waals surface area (Å²) in [5.41, 5.74) is 3.23. The van der Waals surface area contributed by atoms with Crippen LogP contribution in [0.15, 0.2) is 47.4 Å². The van der Waals surface area contributed by atoms with Gasteiger partial charge in [0.15, 0.2) is 5.11 Å². The summed E-state index contributed by atoms with van der Waals surface area (Å²) in [5.74, 6) is 0.803. The molecule has 0 saturated carbocycles. The van der Waals surface area contributed by atoms with Crippen LogP contribution in [0, 0.1) is 5.82 Å². The van der Waals surface area contributed by atoms with Crippen molar-refractivity contribution < 1.29 is 4.39 Å². The van der Waals surface area contributed by atoms with Crippen LogP contribution < -0.4 is 10.6 Å². The number of nitrogens with one attached hydrogen (secondary N) is 2. The summed E-state index contributed by atoms with van der Waals surface area (Å²) >= 11 is 7.20. The van der Waals surface area contributed by atoms with Gasteiger partial charge in [-0.1, -0.05) is 19.1 Å². The van der Waals surface area contributed by atoms with E-state index in [-0.39, 0.29) is 11.9 Å². The third-order valence-corrected chi connectivity index (χ3v) is 5.25. The van der Waals surface area contributed by atoms with Crippen LogP contribution in [0.4, 0.5) is 10.1 Å². The molecule has 1 aliphatic rings. The Bertz CT molecular complexity index is 718. The van der Waals surface area contributed by atoms with Gasteiger partial charge in [-0.25, -0.2) is 4.39 Å². The molecule has 0 radical (unpaired) electrons. The number of anilines is 1. The molecule has 120 valence electrons. The van der Waals surface area contributed by atoms with E-state index < -0.39 is 0 Å². The molecular formula is C18H19FN2S2. The SMILES string of the molecule is CCc1cccc(NC(=S)N[C@H]2CCSc3ccc(F)cc32)c1. The monoisotopic (exact) mass is 346 g/mol. The first-order valence-corrected chi connectivity index (χ1v) is 9.14. The Morgan fingerprint density at radius 2 is 2.17 bits per heavy atom. The standard InChI is InChI=1S/C18H19FN2S2/c1-2-12-4-3-5-14(10-12)20-18(22)21-16-8-9-23-17-7-6-13(19)11-15(16)17/h3-7,10-11,16H,2,8-9H2,1H3,(H2,20,21,22)/t16-/m0/s1. The highest BCUT2D eigenvalue weighted by Gasteiger charge is 2.21. The second kappa shape index (κ2) is 7.32. The van der Waals surface area contributed by atoms with E-state index in [0.717, 1.165) is 34.7 Å². The summed E-state index contributed by atoms with van der Waals surface area (Å²) in [4.78, 5) is 1.13. The summed E-state index contributed by atoms with van der Waals surface area (Å²) < 4.78 is 13.6. The van der Waals surface area contributed by atoms with Gasteiger partial charge in [-0.05, 0) is 66.5 Å². The zero-order valence-corrected chi connectivity index (χ0v) is 14.6. The first-order chi connectivity index (χ1) is 11.2. The minimum absolute atomic E-state index is 0.0521. The van der Waals surface area contributed by atoms with Gasteiger partial charge in [0.25, 0.3) is 0 Å². The number of thiocarbonyl (C=S) groups is 1. The maximum Gasteiger partial charge on any atom is 0.171 e. The van der Waals surface area contributed by atoms with Gasteiger partial charge >= 0.3 is 0 Å². The number of fused-ring (bicyclic) bond motifs is 1. The zero-order valence-electron chi connectivity index (χ0n) is 12.9. The molecule has 23 heavy (non-hydrogen) atoms. The van der Waals surface area contributed by atoms with Crippen molar-refractivity contribution in [3.05, 3.63) is 59.4 Å². The van der Waals surface area contributed by atoms with Crippen LogP contribution in [0.3, 0.4) is 0 Å². The van der Waals surface area contributed by atoms with Crippen molar-refractivity contribution in [3.63, 3.8) is 0 Å². The number of thioether (sulfide) groups is 1. The Kier molecular flexibility index (Phi) is 5.18. The van der Waals surface area contributed by atoms with Gasteiger partial charge in [0.1, 0.15) is 5.82 Å². The average molecular weight is 346 g/mol. The predicted molar refractivity (Wildman–Crippen MR) is 99.7 cm³/mol. The van der Waals surface area contributed by atoms with Crippen molar-refractivity contribution in [2.75, 3.05) is 11.1 Å². The second-order valence-corrected chi connectivity index (χ2v) is 7.07. The topological polar surface area (TPSA) is 24.1 Å². The third-order valence-electron chi connectivity index (χ3n) is 3.91. The van der Waals surface area contributed by atoms with E-state index in [9.17, 15) is 4.39 Å².